The van der Waals surface area contributed by atoms with E-state index in [1.165, 1.54) is 19.1 Å². The van der Waals surface area contributed by atoms with E-state index in [1.807, 2.05) is 0 Å². The first kappa shape index (κ1) is 19.4. The number of nitro benzene ring substituents is 1. The van der Waals surface area contributed by atoms with Crippen molar-refractivity contribution in [2.75, 3.05) is 5.32 Å². The Labute approximate surface area is 154 Å². The Morgan fingerprint density at radius 1 is 1.38 bits per heavy atom. The van der Waals surface area contributed by atoms with Crippen molar-refractivity contribution in [3.05, 3.63) is 50.3 Å². The van der Waals surface area contributed by atoms with Crippen LogP contribution in [0, 0.1) is 24.0 Å². The highest BCUT2D eigenvalue weighted by Gasteiger charge is 2.26. The average Bonchev–Trinajstić information content (AvgIpc) is 2.80. The maximum atomic E-state index is 12.3. The van der Waals surface area contributed by atoms with E-state index in [2.05, 4.69) is 10.4 Å². The molecule has 2 rings (SSSR count). The van der Waals surface area contributed by atoms with E-state index in [-0.39, 0.29) is 10.6 Å². The fourth-order valence-corrected chi connectivity index (χ4v) is 2.45. The third-order valence-corrected chi connectivity index (χ3v) is 4.02. The Bertz CT molecular complexity index is 893. The number of amides is 1. The molecular formula is C16H17ClN4O5. The largest absolute Gasteiger partial charge is 0.449 e. The predicted octanol–water partition coefficient (Wildman–Crippen LogP) is 2.78. The Balaban J connectivity index is 2.14. The van der Waals surface area contributed by atoms with Crippen LogP contribution >= 0.6 is 11.6 Å². The number of nitrogens with zero attached hydrogens (tertiary/aromatic N) is 3. The summed E-state index contributed by atoms with van der Waals surface area (Å²) in [7, 11) is 1.74. The Hall–Kier alpha value is -2.94. The SMILES string of the molecule is Cc1nn(C)c(C)c1NC(=O)C(C)OC(=O)c1ccc(Cl)cc1[N+](=O)[O-]. The van der Waals surface area contributed by atoms with E-state index in [4.69, 9.17) is 16.3 Å². The van der Waals surface area contributed by atoms with Gasteiger partial charge in [-0.2, -0.15) is 5.10 Å². The number of benzene rings is 1. The van der Waals surface area contributed by atoms with Crippen LogP contribution < -0.4 is 5.32 Å². The molecule has 1 unspecified atom stereocenters. The normalized spacial score (nSPS) is 11.7. The number of ether oxygens (including phenoxy) is 1. The fourth-order valence-electron chi connectivity index (χ4n) is 2.29. The van der Waals surface area contributed by atoms with Crippen molar-refractivity contribution in [1.82, 2.24) is 9.78 Å². The second-order valence-corrected chi connectivity index (χ2v) is 6.06. The van der Waals surface area contributed by atoms with Crippen LogP contribution in [0.15, 0.2) is 18.2 Å². The standard InChI is InChI=1S/C16H17ClN4O5/c1-8-14(9(2)20(4)19-8)18-15(22)10(3)26-16(23)12-6-5-11(17)7-13(12)21(24)25/h5-7,10H,1-4H3,(H,18,22). The predicted molar refractivity (Wildman–Crippen MR) is 94.3 cm³/mol. The summed E-state index contributed by atoms with van der Waals surface area (Å²) in [6, 6.07) is 3.56. The lowest BCUT2D eigenvalue weighted by molar-refractivity contribution is -0.385. The molecule has 2 aromatic rings. The fraction of sp³-hybridized carbons (Fsp3) is 0.312. The first-order valence-electron chi connectivity index (χ1n) is 7.57. The highest BCUT2D eigenvalue weighted by Crippen LogP contribution is 2.24. The molecular weight excluding hydrogens is 364 g/mol. The van der Waals surface area contributed by atoms with Crippen molar-refractivity contribution < 1.29 is 19.2 Å². The van der Waals surface area contributed by atoms with E-state index in [1.54, 1.807) is 25.6 Å². The van der Waals surface area contributed by atoms with Crippen LogP contribution in [0.1, 0.15) is 28.7 Å². The molecule has 0 fully saturated rings. The summed E-state index contributed by atoms with van der Waals surface area (Å²) in [6.07, 6.45) is -1.17. The van der Waals surface area contributed by atoms with Crippen molar-refractivity contribution >= 4 is 34.9 Å². The van der Waals surface area contributed by atoms with E-state index in [9.17, 15) is 19.7 Å². The minimum atomic E-state index is -1.17. The lowest BCUT2D eigenvalue weighted by Crippen LogP contribution is -2.30. The van der Waals surface area contributed by atoms with Gasteiger partial charge >= 0.3 is 5.97 Å². The average molecular weight is 381 g/mol. The van der Waals surface area contributed by atoms with Gasteiger partial charge in [0.25, 0.3) is 11.6 Å². The first-order valence-corrected chi connectivity index (χ1v) is 7.95. The zero-order chi connectivity index (χ0) is 19.6. The van der Waals surface area contributed by atoms with Gasteiger partial charge in [0.15, 0.2) is 6.10 Å². The van der Waals surface area contributed by atoms with Crippen molar-refractivity contribution in [1.29, 1.82) is 0 Å². The molecule has 9 nitrogen and oxygen atoms in total. The number of carbonyl (C=O) groups excluding carboxylic acids is 2. The van der Waals surface area contributed by atoms with Gasteiger partial charge in [-0.1, -0.05) is 11.6 Å². The number of hydrogen-bond donors (Lipinski definition) is 1. The van der Waals surface area contributed by atoms with Crippen molar-refractivity contribution in [3.8, 4) is 0 Å². The smallest absolute Gasteiger partial charge is 0.345 e. The molecule has 138 valence electrons. The molecule has 0 saturated heterocycles. The molecule has 0 aliphatic heterocycles. The Morgan fingerprint density at radius 2 is 2.04 bits per heavy atom. The monoisotopic (exact) mass is 380 g/mol. The molecule has 1 atom stereocenters. The molecule has 1 aromatic heterocycles. The molecule has 0 aliphatic rings. The number of nitro groups is 1. The van der Waals surface area contributed by atoms with Crippen LogP contribution in [-0.4, -0.2) is 32.7 Å². The molecule has 0 saturated carbocycles. The number of halogens is 1. The Kier molecular flexibility index (Phi) is 5.61. The molecule has 10 heteroatoms. The zero-order valence-electron chi connectivity index (χ0n) is 14.6. The van der Waals surface area contributed by atoms with E-state index < -0.39 is 28.6 Å². The lowest BCUT2D eigenvalue weighted by Gasteiger charge is -2.14. The first-order chi connectivity index (χ1) is 12.1. The minimum absolute atomic E-state index is 0.113. The number of anilines is 1. The summed E-state index contributed by atoms with van der Waals surface area (Å²) in [4.78, 5) is 34.8. The highest BCUT2D eigenvalue weighted by molar-refractivity contribution is 6.31. The van der Waals surface area contributed by atoms with Gasteiger partial charge in [0, 0.05) is 18.1 Å². The number of aromatic nitrogens is 2. The van der Waals surface area contributed by atoms with Crippen molar-refractivity contribution in [2.24, 2.45) is 7.05 Å². The van der Waals surface area contributed by atoms with Gasteiger partial charge in [-0.05, 0) is 32.9 Å². The third-order valence-electron chi connectivity index (χ3n) is 3.79. The molecule has 1 N–H and O–H groups in total. The number of nitrogens with one attached hydrogen (secondary N) is 1. The van der Waals surface area contributed by atoms with Crippen LogP contribution in [0.5, 0.6) is 0 Å². The third kappa shape index (κ3) is 3.99. The van der Waals surface area contributed by atoms with Gasteiger partial charge < -0.3 is 10.1 Å². The summed E-state index contributed by atoms with van der Waals surface area (Å²) in [5, 5.41) is 18.0. The molecule has 0 aliphatic carbocycles. The van der Waals surface area contributed by atoms with Gasteiger partial charge in [0.1, 0.15) is 5.56 Å². The van der Waals surface area contributed by atoms with Crippen LogP contribution in [0.4, 0.5) is 11.4 Å². The summed E-state index contributed by atoms with van der Waals surface area (Å²) >= 11 is 5.72. The topological polar surface area (TPSA) is 116 Å². The quantitative estimate of drug-likeness (QED) is 0.484. The molecule has 1 heterocycles. The van der Waals surface area contributed by atoms with Crippen LogP contribution in [0.3, 0.4) is 0 Å². The Morgan fingerprint density at radius 3 is 2.58 bits per heavy atom. The van der Waals surface area contributed by atoms with Crippen LogP contribution in [0.2, 0.25) is 5.02 Å². The maximum Gasteiger partial charge on any atom is 0.345 e. The number of aryl methyl sites for hydroxylation is 2. The van der Waals surface area contributed by atoms with Gasteiger partial charge in [0.2, 0.25) is 0 Å². The van der Waals surface area contributed by atoms with Gasteiger partial charge in [0.05, 0.1) is 22.0 Å². The molecule has 0 spiro atoms. The van der Waals surface area contributed by atoms with Crippen molar-refractivity contribution in [3.63, 3.8) is 0 Å². The molecule has 0 bridgehead atoms. The van der Waals surface area contributed by atoms with E-state index >= 15 is 0 Å². The summed E-state index contributed by atoms with van der Waals surface area (Å²) in [5.74, 6) is -1.56. The van der Waals surface area contributed by atoms with E-state index in [0.717, 1.165) is 11.8 Å². The van der Waals surface area contributed by atoms with Gasteiger partial charge in [-0.3, -0.25) is 19.6 Å². The van der Waals surface area contributed by atoms with Crippen LogP contribution in [0.25, 0.3) is 0 Å². The van der Waals surface area contributed by atoms with E-state index in [0.29, 0.717) is 11.4 Å². The number of esters is 1. The van der Waals surface area contributed by atoms with Gasteiger partial charge in [-0.15, -0.1) is 0 Å². The number of carbonyl (C=O) groups is 2. The summed E-state index contributed by atoms with van der Waals surface area (Å²) < 4.78 is 6.67. The molecule has 1 aromatic carbocycles. The van der Waals surface area contributed by atoms with Crippen LogP contribution in [-0.2, 0) is 16.6 Å². The highest BCUT2D eigenvalue weighted by atomic mass is 35.5. The molecule has 26 heavy (non-hydrogen) atoms. The lowest BCUT2D eigenvalue weighted by atomic mass is 10.2. The van der Waals surface area contributed by atoms with Crippen molar-refractivity contribution in [2.45, 2.75) is 26.9 Å². The minimum Gasteiger partial charge on any atom is -0.449 e. The second-order valence-electron chi connectivity index (χ2n) is 5.62. The zero-order valence-corrected chi connectivity index (χ0v) is 15.3. The summed E-state index contributed by atoms with van der Waals surface area (Å²) in [6.45, 7) is 4.88. The summed E-state index contributed by atoms with van der Waals surface area (Å²) in [5.41, 5.74) is 1.10. The maximum absolute atomic E-state index is 12.3. The number of hydrogen-bond acceptors (Lipinski definition) is 6. The second kappa shape index (κ2) is 7.52. The molecule has 1 amide bonds. The van der Waals surface area contributed by atoms with Gasteiger partial charge in [-0.25, -0.2) is 4.79 Å². The number of rotatable bonds is 5. The molecule has 0 radical (unpaired) electrons.